The molecule has 1 N–H and O–H groups in total. The molecule has 9 heteroatoms. The highest BCUT2D eigenvalue weighted by Crippen LogP contribution is 2.35. The molecule has 4 heterocycles. The van der Waals surface area contributed by atoms with Crippen molar-refractivity contribution in [3.8, 4) is 0 Å². The van der Waals surface area contributed by atoms with Crippen LogP contribution in [0.25, 0.3) is 10.9 Å². The van der Waals surface area contributed by atoms with Crippen molar-refractivity contribution in [3.05, 3.63) is 105 Å². The summed E-state index contributed by atoms with van der Waals surface area (Å²) >= 11 is 0. The summed E-state index contributed by atoms with van der Waals surface area (Å²) in [5.41, 5.74) is 4.51. The minimum Gasteiger partial charge on any atom is -0.468 e. The first kappa shape index (κ1) is 24.2. The molecule has 5 aromatic rings. The smallest absolute Gasteiger partial charge is 0.253 e. The van der Waals surface area contributed by atoms with Crippen LogP contribution in [0.5, 0.6) is 0 Å². The molecule has 1 aromatic carbocycles. The van der Waals surface area contributed by atoms with Gasteiger partial charge >= 0.3 is 0 Å². The molecule has 9 nitrogen and oxygen atoms in total. The van der Waals surface area contributed by atoms with Gasteiger partial charge in [0, 0.05) is 24.5 Å². The molecule has 0 amide bonds. The Hall–Kier alpha value is -4.11. The van der Waals surface area contributed by atoms with Crippen molar-refractivity contribution in [2.45, 2.75) is 64.7 Å². The van der Waals surface area contributed by atoms with Crippen molar-refractivity contribution in [1.82, 2.24) is 35.1 Å². The van der Waals surface area contributed by atoms with E-state index < -0.39 is 6.04 Å². The Kier molecular flexibility index (Phi) is 6.59. The van der Waals surface area contributed by atoms with Gasteiger partial charge in [-0.1, -0.05) is 30.5 Å². The van der Waals surface area contributed by atoms with Crippen molar-refractivity contribution in [2.24, 2.45) is 0 Å². The number of hydrogen-bond acceptors (Lipinski definition) is 7. The summed E-state index contributed by atoms with van der Waals surface area (Å²) in [5, 5.41) is 14.1. The van der Waals surface area contributed by atoms with Crippen molar-refractivity contribution >= 4 is 10.9 Å². The second-order valence-electron chi connectivity index (χ2n) is 10.3. The Balaban J connectivity index is 1.55. The zero-order chi connectivity index (χ0) is 26.1. The predicted octanol–water partition coefficient (Wildman–Crippen LogP) is 5.03. The largest absolute Gasteiger partial charge is 0.468 e. The van der Waals surface area contributed by atoms with Crippen LogP contribution in [0.1, 0.15) is 71.6 Å². The molecule has 1 unspecified atom stereocenters. The predicted molar refractivity (Wildman–Crippen MR) is 143 cm³/mol. The van der Waals surface area contributed by atoms with Gasteiger partial charge in [0.1, 0.15) is 11.8 Å². The van der Waals surface area contributed by atoms with E-state index in [2.05, 4.69) is 49.4 Å². The molecule has 1 aliphatic rings. The highest BCUT2D eigenvalue weighted by atomic mass is 16.3. The molecular formula is C29H31N7O2. The highest BCUT2D eigenvalue weighted by Gasteiger charge is 2.34. The van der Waals surface area contributed by atoms with Gasteiger partial charge in [0.05, 0.1) is 24.4 Å². The van der Waals surface area contributed by atoms with E-state index in [1.165, 1.54) is 0 Å². The van der Waals surface area contributed by atoms with E-state index in [1.807, 2.05) is 48.1 Å². The number of tetrazole rings is 1. The minimum absolute atomic E-state index is 0.147. The number of nitrogens with zero attached hydrogens (tertiary/aromatic N) is 6. The maximum absolute atomic E-state index is 13.8. The second-order valence-corrected chi connectivity index (χ2v) is 10.3. The molecule has 38 heavy (non-hydrogen) atoms. The van der Waals surface area contributed by atoms with E-state index in [0.717, 1.165) is 59.0 Å². The Labute approximate surface area is 220 Å². The number of fused-ring (bicyclic) bond motifs is 1. The van der Waals surface area contributed by atoms with Gasteiger partial charge in [-0.2, -0.15) is 0 Å². The summed E-state index contributed by atoms with van der Waals surface area (Å²) in [6, 6.07) is 13.7. The van der Waals surface area contributed by atoms with E-state index in [-0.39, 0.29) is 11.6 Å². The Morgan fingerprint density at radius 2 is 2.00 bits per heavy atom. The molecule has 0 radical (unpaired) electrons. The summed E-state index contributed by atoms with van der Waals surface area (Å²) in [6.45, 7) is 5.09. The highest BCUT2D eigenvalue weighted by molar-refractivity contribution is 5.83. The lowest BCUT2D eigenvalue weighted by Crippen LogP contribution is -2.35. The lowest BCUT2D eigenvalue weighted by atomic mass is 9.99. The molecule has 0 spiro atoms. The van der Waals surface area contributed by atoms with Crippen molar-refractivity contribution in [1.29, 1.82) is 0 Å². The van der Waals surface area contributed by atoms with Crippen LogP contribution in [0, 0.1) is 13.8 Å². The topological polar surface area (TPSA) is 106 Å². The number of hydrogen-bond donors (Lipinski definition) is 1. The van der Waals surface area contributed by atoms with Gasteiger partial charge in [-0.15, -0.1) is 5.10 Å². The third kappa shape index (κ3) is 4.77. The van der Waals surface area contributed by atoms with E-state index in [0.29, 0.717) is 24.5 Å². The zero-order valence-corrected chi connectivity index (χ0v) is 21.7. The van der Waals surface area contributed by atoms with E-state index in [9.17, 15) is 4.79 Å². The first-order chi connectivity index (χ1) is 18.6. The van der Waals surface area contributed by atoms with Gasteiger partial charge in [0.25, 0.3) is 5.56 Å². The van der Waals surface area contributed by atoms with Gasteiger partial charge in [0.2, 0.25) is 0 Å². The standard InChI is InChI=1S/C29H31N7O2/c1-19-13-20(2)26-22(14-19)15-25(29(37)31-26)27(28-32-33-34-36(28)23-8-3-4-9-23)35(18-24-10-6-12-38-24)17-21-7-5-11-30-16-21/h5-7,10-16,23,27H,3-4,8-9,17-18H2,1-2H3,(H,31,37). The van der Waals surface area contributed by atoms with Crippen molar-refractivity contribution in [2.75, 3.05) is 0 Å². The van der Waals surface area contributed by atoms with Gasteiger partial charge in [-0.05, 0) is 84.0 Å². The lowest BCUT2D eigenvalue weighted by molar-refractivity contribution is 0.176. The van der Waals surface area contributed by atoms with Gasteiger partial charge in [-0.25, -0.2) is 4.68 Å². The van der Waals surface area contributed by atoms with Crippen LogP contribution in [-0.4, -0.2) is 35.1 Å². The van der Waals surface area contributed by atoms with Crippen LogP contribution in [0.15, 0.2) is 70.3 Å². The second kappa shape index (κ2) is 10.3. The van der Waals surface area contributed by atoms with Crippen molar-refractivity contribution < 1.29 is 4.42 Å². The quantitative estimate of drug-likeness (QED) is 0.313. The number of aryl methyl sites for hydroxylation is 2. The Morgan fingerprint density at radius 1 is 1.13 bits per heavy atom. The Morgan fingerprint density at radius 3 is 2.76 bits per heavy atom. The Bertz CT molecular complexity index is 1580. The molecule has 6 rings (SSSR count). The molecule has 1 aliphatic carbocycles. The molecule has 4 aromatic heterocycles. The number of aromatic amines is 1. The molecule has 0 bridgehead atoms. The molecule has 1 atom stereocenters. The molecular weight excluding hydrogens is 478 g/mol. The van der Waals surface area contributed by atoms with Crippen LogP contribution < -0.4 is 5.56 Å². The van der Waals surface area contributed by atoms with Gasteiger partial charge in [-0.3, -0.25) is 14.7 Å². The fourth-order valence-electron chi connectivity index (χ4n) is 5.76. The van der Waals surface area contributed by atoms with Crippen LogP contribution in [0.4, 0.5) is 0 Å². The first-order valence-corrected chi connectivity index (χ1v) is 13.1. The number of H-pyrrole nitrogens is 1. The summed E-state index contributed by atoms with van der Waals surface area (Å²) in [7, 11) is 0. The minimum atomic E-state index is -0.509. The SMILES string of the molecule is Cc1cc(C)c2[nH]c(=O)c(C(c3nnnn3C3CCCC3)N(Cc3cccnc3)Cc3ccco3)cc2c1. The van der Waals surface area contributed by atoms with E-state index >= 15 is 0 Å². The van der Waals surface area contributed by atoms with Crippen molar-refractivity contribution in [3.63, 3.8) is 0 Å². The number of nitrogens with one attached hydrogen (secondary N) is 1. The van der Waals surface area contributed by atoms with Crippen LogP contribution in [-0.2, 0) is 13.1 Å². The van der Waals surface area contributed by atoms with Gasteiger partial charge < -0.3 is 9.40 Å². The third-order valence-electron chi connectivity index (χ3n) is 7.46. The third-order valence-corrected chi connectivity index (χ3v) is 7.46. The van der Waals surface area contributed by atoms with E-state index in [1.54, 1.807) is 12.5 Å². The summed E-state index contributed by atoms with van der Waals surface area (Å²) in [6.07, 6.45) is 9.63. The lowest BCUT2D eigenvalue weighted by Gasteiger charge is -2.31. The number of aromatic nitrogens is 6. The molecule has 194 valence electrons. The average molecular weight is 510 g/mol. The van der Waals surface area contributed by atoms with Crippen LogP contribution in [0.3, 0.4) is 0 Å². The average Bonchev–Trinajstić information content (AvgIpc) is 3.69. The maximum atomic E-state index is 13.8. The van der Waals surface area contributed by atoms with E-state index in [4.69, 9.17) is 4.42 Å². The summed E-state index contributed by atoms with van der Waals surface area (Å²) in [4.78, 5) is 23.5. The zero-order valence-electron chi connectivity index (χ0n) is 21.7. The molecule has 0 aliphatic heterocycles. The van der Waals surface area contributed by atoms with Crippen LogP contribution >= 0.6 is 0 Å². The fraction of sp³-hybridized carbons (Fsp3) is 0.345. The monoisotopic (exact) mass is 509 g/mol. The normalized spacial score (nSPS) is 15.0. The summed E-state index contributed by atoms with van der Waals surface area (Å²) in [5.74, 6) is 1.46. The fourth-order valence-corrected chi connectivity index (χ4v) is 5.76. The van der Waals surface area contributed by atoms with Crippen LogP contribution in [0.2, 0.25) is 0 Å². The number of rotatable bonds is 8. The number of pyridine rings is 2. The summed E-state index contributed by atoms with van der Waals surface area (Å²) < 4.78 is 7.71. The molecule has 0 saturated heterocycles. The number of furan rings is 1. The maximum Gasteiger partial charge on any atom is 0.253 e. The molecule has 1 fully saturated rings. The first-order valence-electron chi connectivity index (χ1n) is 13.1. The number of benzene rings is 1. The molecule has 1 saturated carbocycles. The van der Waals surface area contributed by atoms with Gasteiger partial charge in [0.15, 0.2) is 5.82 Å².